The van der Waals surface area contributed by atoms with Crippen molar-refractivity contribution in [1.82, 2.24) is 4.98 Å². The van der Waals surface area contributed by atoms with Crippen molar-refractivity contribution in [2.75, 3.05) is 13.7 Å². The van der Waals surface area contributed by atoms with Crippen molar-refractivity contribution < 1.29 is 9.15 Å². The normalized spacial score (nSPS) is 11.2. The Labute approximate surface area is 103 Å². The van der Waals surface area contributed by atoms with Crippen molar-refractivity contribution in [3.8, 4) is 0 Å². The Morgan fingerprint density at radius 2 is 2.25 bits per heavy atom. The van der Waals surface area contributed by atoms with Gasteiger partial charge in [-0.05, 0) is 24.1 Å². The number of aryl methyl sites for hydroxylation is 1. The third-order valence-electron chi connectivity index (χ3n) is 2.48. The lowest BCUT2D eigenvalue weighted by Crippen LogP contribution is -1.93. The zero-order valence-corrected chi connectivity index (χ0v) is 11.0. The lowest BCUT2D eigenvalue weighted by atomic mass is 10.1. The lowest BCUT2D eigenvalue weighted by molar-refractivity contribution is 0.196. The molecule has 0 fully saturated rings. The Morgan fingerprint density at radius 3 is 2.94 bits per heavy atom. The maximum Gasteiger partial charge on any atom is 0.197 e. The van der Waals surface area contributed by atoms with Crippen LogP contribution in [-0.4, -0.2) is 18.7 Å². The maximum absolute atomic E-state index is 5.74. The molecule has 0 unspecified atom stereocenters. The molecular formula is C12H14BrNO2. The van der Waals surface area contributed by atoms with E-state index >= 15 is 0 Å². The molecule has 1 aromatic carbocycles. The number of benzene rings is 1. The van der Waals surface area contributed by atoms with E-state index in [4.69, 9.17) is 9.15 Å². The predicted molar refractivity (Wildman–Crippen MR) is 66.7 cm³/mol. The number of halogens is 1. The topological polar surface area (TPSA) is 35.3 Å². The van der Waals surface area contributed by atoms with Gasteiger partial charge in [0.2, 0.25) is 0 Å². The van der Waals surface area contributed by atoms with E-state index in [9.17, 15) is 0 Å². The monoisotopic (exact) mass is 283 g/mol. The SMILES string of the molecule is CCc1cc(Br)cc2nc(CCOC)oc12. The number of hydrogen-bond acceptors (Lipinski definition) is 3. The van der Waals surface area contributed by atoms with E-state index in [-0.39, 0.29) is 0 Å². The Kier molecular flexibility index (Phi) is 3.61. The summed E-state index contributed by atoms with van der Waals surface area (Å²) in [4.78, 5) is 4.44. The van der Waals surface area contributed by atoms with Crippen LogP contribution in [0.25, 0.3) is 11.1 Å². The van der Waals surface area contributed by atoms with E-state index in [1.54, 1.807) is 7.11 Å². The van der Waals surface area contributed by atoms with Crippen LogP contribution in [-0.2, 0) is 17.6 Å². The highest BCUT2D eigenvalue weighted by Gasteiger charge is 2.10. The summed E-state index contributed by atoms with van der Waals surface area (Å²) in [6.45, 7) is 2.74. The summed E-state index contributed by atoms with van der Waals surface area (Å²) in [5, 5.41) is 0. The molecule has 2 aromatic rings. The number of oxazole rings is 1. The van der Waals surface area contributed by atoms with E-state index in [2.05, 4.69) is 33.9 Å². The van der Waals surface area contributed by atoms with Gasteiger partial charge in [-0.1, -0.05) is 22.9 Å². The molecule has 0 bridgehead atoms. The fourth-order valence-corrected chi connectivity index (χ4v) is 2.16. The van der Waals surface area contributed by atoms with Gasteiger partial charge in [-0.3, -0.25) is 0 Å². The Morgan fingerprint density at radius 1 is 1.44 bits per heavy atom. The van der Waals surface area contributed by atoms with Gasteiger partial charge in [0.05, 0.1) is 6.61 Å². The molecular weight excluding hydrogens is 270 g/mol. The van der Waals surface area contributed by atoms with E-state index in [1.807, 2.05) is 6.07 Å². The van der Waals surface area contributed by atoms with E-state index < -0.39 is 0 Å². The first-order valence-electron chi connectivity index (χ1n) is 5.31. The lowest BCUT2D eigenvalue weighted by Gasteiger charge is -1.97. The second-order valence-electron chi connectivity index (χ2n) is 3.62. The van der Waals surface area contributed by atoms with Gasteiger partial charge in [0.1, 0.15) is 5.52 Å². The van der Waals surface area contributed by atoms with Crippen molar-refractivity contribution in [2.45, 2.75) is 19.8 Å². The Hall–Kier alpha value is -0.870. The van der Waals surface area contributed by atoms with E-state index in [0.717, 1.165) is 27.9 Å². The average Bonchev–Trinajstić information content (AvgIpc) is 2.67. The van der Waals surface area contributed by atoms with Crippen LogP contribution in [0.3, 0.4) is 0 Å². The van der Waals surface area contributed by atoms with Crippen LogP contribution in [0.1, 0.15) is 18.4 Å². The molecule has 0 amide bonds. The number of fused-ring (bicyclic) bond motifs is 1. The second-order valence-corrected chi connectivity index (χ2v) is 4.53. The molecule has 0 saturated heterocycles. The number of nitrogens with zero attached hydrogens (tertiary/aromatic N) is 1. The van der Waals surface area contributed by atoms with Crippen molar-refractivity contribution in [1.29, 1.82) is 0 Å². The summed E-state index contributed by atoms with van der Waals surface area (Å²) in [5.74, 6) is 0.740. The van der Waals surface area contributed by atoms with Gasteiger partial charge in [0.25, 0.3) is 0 Å². The van der Waals surface area contributed by atoms with Crippen LogP contribution in [0.2, 0.25) is 0 Å². The quantitative estimate of drug-likeness (QED) is 0.863. The summed E-state index contributed by atoms with van der Waals surface area (Å²) < 4.78 is 11.8. The van der Waals surface area contributed by atoms with Crippen molar-refractivity contribution in [3.05, 3.63) is 28.1 Å². The fraction of sp³-hybridized carbons (Fsp3) is 0.417. The molecule has 1 aromatic heterocycles. The second kappa shape index (κ2) is 4.97. The summed E-state index contributed by atoms with van der Waals surface area (Å²) in [6.07, 6.45) is 1.65. The highest BCUT2D eigenvalue weighted by molar-refractivity contribution is 9.10. The van der Waals surface area contributed by atoms with Crippen LogP contribution in [0.5, 0.6) is 0 Å². The molecule has 16 heavy (non-hydrogen) atoms. The van der Waals surface area contributed by atoms with Crippen LogP contribution in [0, 0.1) is 0 Å². The predicted octanol–water partition coefficient (Wildman–Crippen LogP) is 3.34. The van der Waals surface area contributed by atoms with Gasteiger partial charge >= 0.3 is 0 Å². The van der Waals surface area contributed by atoms with Crippen LogP contribution in [0.15, 0.2) is 21.0 Å². The Bertz CT molecular complexity index is 493. The first-order chi connectivity index (χ1) is 7.74. The largest absolute Gasteiger partial charge is 0.440 e. The first-order valence-corrected chi connectivity index (χ1v) is 6.10. The Balaban J connectivity index is 2.43. The number of rotatable bonds is 4. The minimum Gasteiger partial charge on any atom is -0.440 e. The van der Waals surface area contributed by atoms with Gasteiger partial charge in [0.15, 0.2) is 11.5 Å². The average molecular weight is 284 g/mol. The van der Waals surface area contributed by atoms with Crippen LogP contribution >= 0.6 is 15.9 Å². The van der Waals surface area contributed by atoms with Gasteiger partial charge < -0.3 is 9.15 Å². The number of hydrogen-bond donors (Lipinski definition) is 0. The molecule has 0 saturated carbocycles. The highest BCUT2D eigenvalue weighted by Crippen LogP contribution is 2.25. The maximum atomic E-state index is 5.74. The first kappa shape index (κ1) is 11.6. The van der Waals surface area contributed by atoms with Gasteiger partial charge in [0, 0.05) is 18.0 Å². The summed E-state index contributed by atoms with van der Waals surface area (Å²) in [7, 11) is 1.68. The molecule has 4 heteroatoms. The standard InChI is InChI=1S/C12H14BrNO2/c1-3-8-6-9(13)7-10-12(8)16-11(14-10)4-5-15-2/h6-7H,3-5H2,1-2H3. The molecule has 0 aliphatic heterocycles. The third-order valence-corrected chi connectivity index (χ3v) is 2.93. The minimum absolute atomic E-state index is 0.634. The van der Waals surface area contributed by atoms with Gasteiger partial charge in [-0.2, -0.15) is 0 Å². The van der Waals surface area contributed by atoms with Crippen LogP contribution in [0.4, 0.5) is 0 Å². The molecule has 3 nitrogen and oxygen atoms in total. The summed E-state index contributed by atoms with van der Waals surface area (Å²) >= 11 is 3.48. The highest BCUT2D eigenvalue weighted by atomic mass is 79.9. The van der Waals surface area contributed by atoms with Crippen molar-refractivity contribution in [2.24, 2.45) is 0 Å². The summed E-state index contributed by atoms with van der Waals surface area (Å²) in [6, 6.07) is 4.06. The molecule has 0 N–H and O–H groups in total. The van der Waals surface area contributed by atoms with Gasteiger partial charge in [-0.15, -0.1) is 0 Å². The van der Waals surface area contributed by atoms with Crippen molar-refractivity contribution >= 4 is 27.0 Å². The number of methoxy groups -OCH3 is 1. The van der Waals surface area contributed by atoms with E-state index in [0.29, 0.717) is 13.0 Å². The minimum atomic E-state index is 0.634. The fourth-order valence-electron chi connectivity index (χ4n) is 1.67. The third kappa shape index (κ3) is 2.28. The van der Waals surface area contributed by atoms with E-state index in [1.165, 1.54) is 5.56 Å². The molecule has 0 aliphatic carbocycles. The summed E-state index contributed by atoms with van der Waals surface area (Å²) in [5.41, 5.74) is 3.00. The number of ether oxygens (including phenoxy) is 1. The molecule has 0 aliphatic rings. The van der Waals surface area contributed by atoms with Crippen molar-refractivity contribution in [3.63, 3.8) is 0 Å². The molecule has 0 atom stereocenters. The molecule has 0 spiro atoms. The van der Waals surface area contributed by atoms with Crippen LogP contribution < -0.4 is 0 Å². The molecule has 1 heterocycles. The molecule has 2 rings (SSSR count). The molecule has 0 radical (unpaired) electrons. The zero-order valence-electron chi connectivity index (χ0n) is 9.42. The number of aromatic nitrogens is 1. The smallest absolute Gasteiger partial charge is 0.197 e. The zero-order chi connectivity index (χ0) is 11.5. The molecule has 86 valence electrons. The van der Waals surface area contributed by atoms with Gasteiger partial charge in [-0.25, -0.2) is 4.98 Å².